The Labute approximate surface area is 180 Å². The molecule has 0 saturated carbocycles. The average Bonchev–Trinajstić information content (AvgIpc) is 3.26. The quantitative estimate of drug-likeness (QED) is 0.302. The van der Waals surface area contributed by atoms with Crippen molar-refractivity contribution in [1.82, 2.24) is 0 Å². The Kier molecular flexibility index (Phi) is 5.15. The number of ether oxygens (including phenoxy) is 1. The van der Waals surface area contributed by atoms with Gasteiger partial charge in [0.2, 0.25) is 5.91 Å². The normalized spacial score (nSPS) is 20.0. The second kappa shape index (κ2) is 7.80. The molecule has 0 spiro atoms. The van der Waals surface area contributed by atoms with E-state index in [0.29, 0.717) is 10.7 Å². The molecule has 2 heterocycles. The zero-order valence-electron chi connectivity index (χ0n) is 16.1. The van der Waals surface area contributed by atoms with Crippen molar-refractivity contribution in [2.45, 2.75) is 13.0 Å². The number of nitro benzene ring substituents is 1. The molecule has 0 radical (unpaired) electrons. The van der Waals surface area contributed by atoms with Crippen LogP contribution < -0.4 is 9.91 Å². The van der Waals surface area contributed by atoms with Crippen molar-refractivity contribution < 1.29 is 24.0 Å². The Balaban J connectivity index is 1.82. The highest BCUT2D eigenvalue weighted by atomic mass is 35.5. The maximum Gasteiger partial charge on any atom is 0.355 e. The molecular weight excluding hydrogens is 428 g/mol. The Morgan fingerprint density at radius 1 is 1.16 bits per heavy atom. The highest BCUT2D eigenvalue weighted by Gasteiger charge is 2.59. The molecule has 0 aromatic heterocycles. The number of para-hydroxylation sites is 2. The SMILES string of the molecule is CCOC(=O)C1=NN(c2ccc(Cl)cc2)[C@H]2C(=O)N(c3ccccc3[N+](=O)[O-])C(=O)[C@@H]12. The number of benzene rings is 2. The van der Waals surface area contributed by atoms with E-state index in [1.807, 2.05) is 0 Å². The first kappa shape index (κ1) is 20.5. The number of nitrogens with zero attached hydrogens (tertiary/aromatic N) is 4. The smallest absolute Gasteiger partial charge is 0.355 e. The fraction of sp³-hybridized carbons (Fsp3) is 0.200. The van der Waals surface area contributed by atoms with Gasteiger partial charge in [0, 0.05) is 11.1 Å². The topological polar surface area (TPSA) is 122 Å². The summed E-state index contributed by atoms with van der Waals surface area (Å²) in [6, 6.07) is 10.5. The van der Waals surface area contributed by atoms with Crippen molar-refractivity contribution in [1.29, 1.82) is 0 Å². The van der Waals surface area contributed by atoms with E-state index in [9.17, 15) is 24.5 Å². The summed E-state index contributed by atoms with van der Waals surface area (Å²) in [5.74, 6) is -3.61. The van der Waals surface area contributed by atoms with Crippen molar-refractivity contribution in [2.24, 2.45) is 11.0 Å². The second-order valence-corrected chi connectivity index (χ2v) is 7.14. The van der Waals surface area contributed by atoms with Gasteiger partial charge < -0.3 is 4.74 Å². The highest BCUT2D eigenvalue weighted by molar-refractivity contribution is 6.47. The predicted molar refractivity (Wildman–Crippen MR) is 111 cm³/mol. The van der Waals surface area contributed by atoms with Crippen molar-refractivity contribution in [3.05, 3.63) is 63.7 Å². The fourth-order valence-corrected chi connectivity index (χ4v) is 3.77. The Bertz CT molecular complexity index is 1130. The summed E-state index contributed by atoms with van der Waals surface area (Å²) in [5, 5.41) is 17.4. The zero-order valence-corrected chi connectivity index (χ0v) is 16.9. The molecule has 1 fully saturated rings. The first-order valence-corrected chi connectivity index (χ1v) is 9.64. The third-order valence-corrected chi connectivity index (χ3v) is 5.20. The van der Waals surface area contributed by atoms with Gasteiger partial charge in [-0.1, -0.05) is 23.7 Å². The van der Waals surface area contributed by atoms with Crippen molar-refractivity contribution in [3.63, 3.8) is 0 Å². The lowest BCUT2D eigenvalue weighted by atomic mass is 9.98. The number of imide groups is 1. The molecule has 2 aromatic rings. The Morgan fingerprint density at radius 3 is 2.48 bits per heavy atom. The molecule has 31 heavy (non-hydrogen) atoms. The molecule has 0 aliphatic carbocycles. The van der Waals surface area contributed by atoms with Gasteiger partial charge in [0.15, 0.2) is 5.71 Å². The summed E-state index contributed by atoms with van der Waals surface area (Å²) < 4.78 is 5.02. The van der Waals surface area contributed by atoms with Gasteiger partial charge in [-0.15, -0.1) is 0 Å². The Hall–Kier alpha value is -3.79. The van der Waals surface area contributed by atoms with Crippen LogP contribution in [0.2, 0.25) is 5.02 Å². The summed E-state index contributed by atoms with van der Waals surface area (Å²) in [6.45, 7) is 1.65. The van der Waals surface area contributed by atoms with Gasteiger partial charge in [-0.2, -0.15) is 5.10 Å². The number of carbonyl (C=O) groups is 3. The lowest BCUT2D eigenvalue weighted by Crippen LogP contribution is -2.39. The molecule has 11 heteroatoms. The lowest BCUT2D eigenvalue weighted by Gasteiger charge is -2.22. The summed E-state index contributed by atoms with van der Waals surface area (Å²) in [7, 11) is 0. The number of hydrogen-bond acceptors (Lipinski definition) is 8. The van der Waals surface area contributed by atoms with Gasteiger partial charge in [0.1, 0.15) is 17.6 Å². The van der Waals surface area contributed by atoms with Gasteiger partial charge in [-0.05, 0) is 37.3 Å². The molecule has 10 nitrogen and oxygen atoms in total. The van der Waals surface area contributed by atoms with Crippen LogP contribution >= 0.6 is 11.6 Å². The van der Waals surface area contributed by atoms with Crippen LogP contribution in [0, 0.1) is 16.0 Å². The van der Waals surface area contributed by atoms with Gasteiger partial charge in [0.05, 0.1) is 17.2 Å². The first-order chi connectivity index (χ1) is 14.8. The molecule has 2 aliphatic rings. The third kappa shape index (κ3) is 3.30. The predicted octanol–water partition coefficient (Wildman–Crippen LogP) is 2.55. The van der Waals surface area contributed by atoms with Crippen LogP contribution in [0.25, 0.3) is 0 Å². The molecule has 2 aliphatic heterocycles. The summed E-state index contributed by atoms with van der Waals surface area (Å²) in [6.07, 6.45) is 0. The number of rotatable bonds is 5. The van der Waals surface area contributed by atoms with E-state index in [0.717, 1.165) is 4.90 Å². The monoisotopic (exact) mass is 442 g/mol. The summed E-state index contributed by atoms with van der Waals surface area (Å²) in [5.41, 5.74) is -0.390. The number of hydrazone groups is 1. The third-order valence-electron chi connectivity index (χ3n) is 4.94. The molecule has 0 unspecified atom stereocenters. The van der Waals surface area contributed by atoms with Crippen LogP contribution in [0.5, 0.6) is 0 Å². The maximum absolute atomic E-state index is 13.3. The lowest BCUT2D eigenvalue weighted by molar-refractivity contribution is -0.384. The minimum absolute atomic E-state index is 0.0478. The number of fused-ring (bicyclic) bond motifs is 1. The molecule has 1 saturated heterocycles. The number of esters is 1. The standard InChI is InChI=1S/C20H15ClN4O6/c1-2-31-20(28)16-15-17(24(22-16)12-9-7-11(21)8-10-12)19(27)23(18(15)26)13-5-3-4-6-14(13)25(29)30/h3-10,15,17H,2H2,1H3/t15-,17+/m0/s1. The van der Waals surface area contributed by atoms with Crippen LogP contribution in [0.4, 0.5) is 17.1 Å². The maximum atomic E-state index is 13.3. The van der Waals surface area contributed by atoms with Crippen molar-refractivity contribution in [2.75, 3.05) is 16.5 Å². The Morgan fingerprint density at radius 2 is 1.84 bits per heavy atom. The second-order valence-electron chi connectivity index (χ2n) is 6.71. The van der Waals surface area contributed by atoms with Crippen LogP contribution in [-0.4, -0.2) is 41.1 Å². The van der Waals surface area contributed by atoms with E-state index < -0.39 is 40.4 Å². The number of carbonyl (C=O) groups excluding carboxylic acids is 3. The van der Waals surface area contributed by atoms with E-state index in [-0.39, 0.29) is 18.0 Å². The van der Waals surface area contributed by atoms with E-state index in [2.05, 4.69) is 5.10 Å². The first-order valence-electron chi connectivity index (χ1n) is 9.26. The molecular formula is C20H15ClN4O6. The molecule has 2 atom stereocenters. The van der Waals surface area contributed by atoms with Crippen LogP contribution in [-0.2, 0) is 19.1 Å². The van der Waals surface area contributed by atoms with Gasteiger partial charge >= 0.3 is 5.97 Å². The van der Waals surface area contributed by atoms with E-state index in [1.165, 1.54) is 29.3 Å². The average molecular weight is 443 g/mol. The van der Waals surface area contributed by atoms with E-state index in [4.69, 9.17) is 16.3 Å². The molecule has 0 N–H and O–H groups in total. The number of halogens is 1. The molecule has 158 valence electrons. The van der Waals surface area contributed by atoms with Gasteiger partial charge in [-0.3, -0.25) is 24.7 Å². The van der Waals surface area contributed by atoms with E-state index in [1.54, 1.807) is 31.2 Å². The minimum atomic E-state index is -1.26. The molecule has 2 aromatic carbocycles. The van der Waals surface area contributed by atoms with E-state index >= 15 is 0 Å². The van der Waals surface area contributed by atoms with Gasteiger partial charge in [0.25, 0.3) is 11.6 Å². The summed E-state index contributed by atoms with van der Waals surface area (Å²) >= 11 is 5.93. The fourth-order valence-electron chi connectivity index (χ4n) is 3.64. The molecule has 0 bridgehead atoms. The number of amides is 2. The molecule has 4 rings (SSSR count). The minimum Gasteiger partial charge on any atom is -0.461 e. The zero-order chi connectivity index (χ0) is 22.3. The largest absolute Gasteiger partial charge is 0.461 e. The van der Waals surface area contributed by atoms with Crippen molar-refractivity contribution in [3.8, 4) is 0 Å². The van der Waals surface area contributed by atoms with Crippen LogP contribution in [0.1, 0.15) is 6.92 Å². The van der Waals surface area contributed by atoms with Crippen LogP contribution in [0.3, 0.4) is 0 Å². The summed E-state index contributed by atoms with van der Waals surface area (Å²) in [4.78, 5) is 50.6. The van der Waals surface area contributed by atoms with Crippen LogP contribution in [0.15, 0.2) is 53.6 Å². The van der Waals surface area contributed by atoms with Crippen molar-refractivity contribution >= 4 is 52.2 Å². The highest BCUT2D eigenvalue weighted by Crippen LogP contribution is 2.40. The number of nitro groups is 1. The van der Waals surface area contributed by atoms with Gasteiger partial charge in [-0.25, -0.2) is 9.69 Å². The number of anilines is 2. The molecule has 2 amide bonds. The number of hydrogen-bond donors (Lipinski definition) is 0.